The first-order chi connectivity index (χ1) is 11.8. The van der Waals surface area contributed by atoms with E-state index in [1.165, 1.54) is 30.5 Å². The molecule has 0 nitrogen and oxygen atoms in total. The summed E-state index contributed by atoms with van der Waals surface area (Å²) >= 11 is -0.649. The van der Waals surface area contributed by atoms with E-state index in [0.29, 0.717) is 0 Å². The van der Waals surface area contributed by atoms with E-state index in [1.54, 1.807) is 23.2 Å². The van der Waals surface area contributed by atoms with Crippen molar-refractivity contribution in [2.75, 3.05) is 0 Å². The van der Waals surface area contributed by atoms with Crippen molar-refractivity contribution in [2.45, 2.75) is 37.0 Å². The molecule has 1 saturated heterocycles. The Hall–Kier alpha value is -0.400. The smallest absolute Gasteiger partial charge is 1.00 e. The third-order valence-corrected chi connectivity index (χ3v) is 14.6. The number of halogens is 2. The third-order valence-electron chi connectivity index (χ3n) is 6.22. The molecule has 2 aromatic carbocycles. The summed E-state index contributed by atoms with van der Waals surface area (Å²) in [5, 5.41) is 0. The SMILES string of the molecule is C[Si]1(C2c3ccccc3-c3ccc[c]([Zr+2][C]4=CC=CC4)c32)CCC1.[Cl-].[Cl-]. The van der Waals surface area contributed by atoms with E-state index in [0.717, 1.165) is 5.54 Å². The van der Waals surface area contributed by atoms with Gasteiger partial charge >= 0.3 is 158 Å². The van der Waals surface area contributed by atoms with Crippen LogP contribution in [0.3, 0.4) is 0 Å². The number of allylic oxidation sites excluding steroid dienone is 4. The number of hydrogen-bond donors (Lipinski definition) is 0. The topological polar surface area (TPSA) is 0 Å². The van der Waals surface area contributed by atoms with Crippen molar-refractivity contribution in [3.63, 3.8) is 0 Å². The maximum absolute atomic E-state index is 2.67. The summed E-state index contributed by atoms with van der Waals surface area (Å²) < 4.78 is 3.50. The van der Waals surface area contributed by atoms with Crippen LogP contribution in [0.2, 0.25) is 18.6 Å². The summed E-state index contributed by atoms with van der Waals surface area (Å²) in [7, 11) is -1.16. The summed E-state index contributed by atoms with van der Waals surface area (Å²) in [5.74, 6) is 0. The fourth-order valence-corrected chi connectivity index (χ4v) is 12.5. The van der Waals surface area contributed by atoms with E-state index in [1.807, 2.05) is 0 Å². The first-order valence-electron chi connectivity index (χ1n) is 9.11. The third kappa shape index (κ3) is 3.18. The average Bonchev–Trinajstić information content (AvgIpc) is 3.19. The Labute approximate surface area is 181 Å². The zero-order valence-electron chi connectivity index (χ0n) is 14.9. The van der Waals surface area contributed by atoms with Gasteiger partial charge < -0.3 is 24.8 Å². The maximum Gasteiger partial charge on any atom is -1.00 e. The van der Waals surface area contributed by atoms with Crippen LogP contribution < -0.4 is 28.1 Å². The zero-order chi connectivity index (χ0) is 16.1. The predicted molar refractivity (Wildman–Crippen MR) is 101 cm³/mol. The van der Waals surface area contributed by atoms with Crippen molar-refractivity contribution in [1.29, 1.82) is 0 Å². The van der Waals surface area contributed by atoms with Crippen LogP contribution in [0, 0.1) is 0 Å². The summed E-state index contributed by atoms with van der Waals surface area (Å²) in [5.41, 5.74) is 7.31. The standard InChI is InChI=1S/C17H17Si.C5H5.2ClH.Zr/c1-18(11-6-12-18)17-15-9-4-2-7-13(15)14-8-3-5-10-16(14)17;1-2-4-5-3-1;;;/h2-5,7-9,17H,6,11-12H2,1H3;1-3H,4H2;2*1H;/q;;;;+2/p-2. The molecule has 0 radical (unpaired) electrons. The fourth-order valence-electron chi connectivity index (χ4n) is 4.83. The van der Waals surface area contributed by atoms with Gasteiger partial charge in [-0.1, -0.05) is 0 Å². The van der Waals surface area contributed by atoms with Crippen molar-refractivity contribution in [3.05, 3.63) is 75.1 Å². The minimum absolute atomic E-state index is 0. The molecule has 0 saturated carbocycles. The Kier molecular flexibility index (Phi) is 6.19. The second kappa shape index (κ2) is 7.92. The van der Waals surface area contributed by atoms with Gasteiger partial charge in [-0.3, -0.25) is 0 Å². The summed E-state index contributed by atoms with van der Waals surface area (Å²) in [6.07, 6.45) is 9.66. The van der Waals surface area contributed by atoms with Crippen LogP contribution in [0.4, 0.5) is 0 Å². The molecule has 26 heavy (non-hydrogen) atoms. The van der Waals surface area contributed by atoms with Gasteiger partial charge in [-0.25, -0.2) is 0 Å². The van der Waals surface area contributed by atoms with Crippen molar-refractivity contribution in [3.8, 4) is 11.1 Å². The van der Waals surface area contributed by atoms with Crippen LogP contribution >= 0.6 is 0 Å². The quantitative estimate of drug-likeness (QED) is 0.519. The van der Waals surface area contributed by atoms with Gasteiger partial charge in [0.15, 0.2) is 0 Å². The molecular weight excluding hydrogens is 454 g/mol. The van der Waals surface area contributed by atoms with E-state index in [4.69, 9.17) is 0 Å². The molecule has 1 heterocycles. The molecule has 1 fully saturated rings. The van der Waals surface area contributed by atoms with Gasteiger partial charge in [0.05, 0.1) is 0 Å². The summed E-state index contributed by atoms with van der Waals surface area (Å²) in [6, 6.07) is 19.5. The second-order valence-electron chi connectivity index (χ2n) is 7.74. The van der Waals surface area contributed by atoms with Gasteiger partial charge in [-0.15, -0.1) is 0 Å². The molecule has 4 heteroatoms. The van der Waals surface area contributed by atoms with Gasteiger partial charge in [0.2, 0.25) is 0 Å². The molecule has 0 bridgehead atoms. The average molecular weight is 477 g/mol. The van der Waals surface area contributed by atoms with E-state index >= 15 is 0 Å². The molecule has 0 N–H and O–H groups in total. The Morgan fingerprint density at radius 1 is 0.962 bits per heavy atom. The Balaban J connectivity index is 0.000000980. The van der Waals surface area contributed by atoms with Gasteiger partial charge in [0, 0.05) is 0 Å². The molecule has 1 atom stereocenters. The Morgan fingerprint density at radius 3 is 2.42 bits per heavy atom. The van der Waals surface area contributed by atoms with Gasteiger partial charge in [0.25, 0.3) is 0 Å². The van der Waals surface area contributed by atoms with Crippen LogP contribution in [0.15, 0.2) is 64.0 Å². The van der Waals surface area contributed by atoms with Gasteiger partial charge in [0.1, 0.15) is 0 Å². The normalized spacial score (nSPS) is 20.7. The number of rotatable bonds is 3. The Bertz CT molecular complexity index is 883. The first-order valence-corrected chi connectivity index (χ1v) is 14.6. The monoisotopic (exact) mass is 474 g/mol. The van der Waals surface area contributed by atoms with Crippen LogP contribution in [-0.4, -0.2) is 8.07 Å². The molecule has 132 valence electrons. The summed E-state index contributed by atoms with van der Waals surface area (Å²) in [6.45, 7) is 2.67. The molecular formula is C22H22Cl2SiZr. The van der Waals surface area contributed by atoms with Crippen LogP contribution in [0.5, 0.6) is 0 Å². The van der Waals surface area contributed by atoms with Crippen molar-refractivity contribution >= 4 is 11.3 Å². The molecule has 0 amide bonds. The van der Waals surface area contributed by atoms with Crippen molar-refractivity contribution in [2.24, 2.45) is 0 Å². The van der Waals surface area contributed by atoms with E-state index < -0.39 is 31.3 Å². The number of benzene rings is 2. The van der Waals surface area contributed by atoms with Crippen LogP contribution in [0.25, 0.3) is 11.1 Å². The van der Waals surface area contributed by atoms with Crippen LogP contribution in [0.1, 0.15) is 29.5 Å². The molecule has 3 aliphatic rings. The molecule has 2 aromatic rings. The van der Waals surface area contributed by atoms with E-state index in [-0.39, 0.29) is 24.8 Å². The first kappa shape index (κ1) is 20.3. The Morgan fingerprint density at radius 2 is 1.73 bits per heavy atom. The number of hydrogen-bond acceptors (Lipinski definition) is 0. The minimum Gasteiger partial charge on any atom is -1.00 e. The summed E-state index contributed by atoms with van der Waals surface area (Å²) in [4.78, 5) is 0. The largest absolute Gasteiger partial charge is 1.00 e. The molecule has 1 aliphatic heterocycles. The van der Waals surface area contributed by atoms with Gasteiger partial charge in [-0.05, 0) is 0 Å². The molecule has 0 spiro atoms. The number of fused-ring (bicyclic) bond motifs is 3. The molecule has 0 aromatic heterocycles. The van der Waals surface area contributed by atoms with Crippen molar-refractivity contribution in [1.82, 2.24) is 0 Å². The molecule has 2 aliphatic carbocycles. The van der Waals surface area contributed by atoms with E-state index in [9.17, 15) is 0 Å². The predicted octanol–water partition coefficient (Wildman–Crippen LogP) is -0.620. The zero-order valence-corrected chi connectivity index (χ0v) is 19.9. The maximum atomic E-state index is 2.67. The second-order valence-corrected chi connectivity index (χ2v) is 16.1. The van der Waals surface area contributed by atoms with Gasteiger partial charge in [-0.2, -0.15) is 0 Å². The molecule has 5 rings (SSSR count). The fraction of sp³-hybridized carbons (Fsp3) is 0.273. The minimum atomic E-state index is -1.16. The molecule has 1 unspecified atom stereocenters. The van der Waals surface area contributed by atoms with Crippen molar-refractivity contribution < 1.29 is 48.0 Å². The van der Waals surface area contributed by atoms with E-state index in [2.05, 4.69) is 67.2 Å². The van der Waals surface area contributed by atoms with Crippen LogP contribution in [-0.2, 0) is 23.2 Å².